The number of hydrogen-bond donors (Lipinski definition) is 2. The molecular weight excluding hydrogens is 509 g/mol. The molecule has 2 aliphatic rings. The number of nitrogens with one attached hydrogen (secondary N) is 2. The molecule has 4 heterocycles. The van der Waals surface area contributed by atoms with Crippen LogP contribution in [-0.2, 0) is 9.59 Å². The van der Waals surface area contributed by atoms with Crippen LogP contribution in [0.15, 0.2) is 73.2 Å². The highest BCUT2D eigenvalue weighted by Crippen LogP contribution is 2.38. The van der Waals surface area contributed by atoms with E-state index >= 15 is 0 Å². The van der Waals surface area contributed by atoms with Gasteiger partial charge in [-0.2, -0.15) is 0 Å². The third-order valence-electron chi connectivity index (χ3n) is 7.51. The Morgan fingerprint density at radius 3 is 2.62 bits per heavy atom. The second-order valence-corrected chi connectivity index (χ2v) is 10.2. The lowest BCUT2D eigenvalue weighted by molar-refractivity contribution is -0.119. The predicted molar refractivity (Wildman–Crippen MR) is 154 cm³/mol. The fraction of sp³-hybridized carbons (Fsp3) is 0.233. The smallest absolute Gasteiger partial charge is 0.258 e. The first kappa shape index (κ1) is 25.7. The molecule has 0 bridgehead atoms. The highest BCUT2D eigenvalue weighted by Gasteiger charge is 2.29. The molecule has 0 spiro atoms. The van der Waals surface area contributed by atoms with Crippen molar-refractivity contribution in [1.82, 2.24) is 19.2 Å². The van der Waals surface area contributed by atoms with Crippen LogP contribution in [0.1, 0.15) is 11.1 Å². The van der Waals surface area contributed by atoms with Crippen molar-refractivity contribution in [3.05, 3.63) is 90.1 Å². The van der Waals surface area contributed by atoms with Gasteiger partial charge in [0, 0.05) is 74.3 Å². The second kappa shape index (κ2) is 10.6. The minimum atomic E-state index is -0.420. The molecule has 1 fully saturated rings. The number of aromatic nitrogens is 2. The summed E-state index contributed by atoms with van der Waals surface area (Å²) in [7, 11) is 3.88. The molecule has 0 atom stereocenters. The van der Waals surface area contributed by atoms with Gasteiger partial charge in [-0.3, -0.25) is 14.5 Å². The number of halogens is 1. The van der Waals surface area contributed by atoms with E-state index in [1.807, 2.05) is 53.2 Å². The van der Waals surface area contributed by atoms with Gasteiger partial charge in [-0.25, -0.2) is 9.37 Å². The summed E-state index contributed by atoms with van der Waals surface area (Å²) in [4.78, 5) is 36.5. The number of rotatable bonds is 6. The van der Waals surface area contributed by atoms with Gasteiger partial charge in [0.2, 0.25) is 5.91 Å². The number of hydrogen-bond acceptors (Lipinski definition) is 6. The first-order valence-electron chi connectivity index (χ1n) is 13.2. The number of likely N-dealkylation sites (N-methyl/N-ethyl adjacent to an activating group) is 2. The second-order valence-electron chi connectivity index (χ2n) is 10.2. The molecule has 1 saturated heterocycles. The number of anilines is 3. The Hall–Kier alpha value is -4.54. The lowest BCUT2D eigenvalue weighted by Crippen LogP contribution is -2.48. The molecule has 2 amide bonds. The summed E-state index contributed by atoms with van der Waals surface area (Å²) < 4.78 is 15.8. The number of carbonyl (C=O) groups excluding carboxylic acids is 2. The number of nitrogens with zero attached hydrogens (tertiary/aromatic N) is 5. The van der Waals surface area contributed by atoms with Crippen LogP contribution < -0.4 is 15.5 Å². The van der Waals surface area contributed by atoms with Gasteiger partial charge in [0.25, 0.3) is 5.91 Å². The van der Waals surface area contributed by atoms with Gasteiger partial charge in [-0.05, 0) is 61.6 Å². The van der Waals surface area contributed by atoms with Gasteiger partial charge in [-0.15, -0.1) is 0 Å². The van der Waals surface area contributed by atoms with Crippen LogP contribution in [0.25, 0.3) is 16.9 Å². The van der Waals surface area contributed by atoms with Gasteiger partial charge in [-0.1, -0.05) is 0 Å². The molecule has 10 heteroatoms. The van der Waals surface area contributed by atoms with E-state index in [2.05, 4.69) is 32.5 Å². The molecule has 0 saturated carbocycles. The summed E-state index contributed by atoms with van der Waals surface area (Å²) in [6, 6.07) is 15.6. The summed E-state index contributed by atoms with van der Waals surface area (Å²) in [6.07, 6.45) is 5.44. The quantitative estimate of drug-likeness (QED) is 0.364. The number of fused-ring (bicyclic) bond motifs is 2. The maximum absolute atomic E-state index is 13.9. The van der Waals surface area contributed by atoms with E-state index in [-0.39, 0.29) is 11.8 Å². The lowest BCUT2D eigenvalue weighted by Gasteiger charge is -2.32. The molecule has 40 heavy (non-hydrogen) atoms. The van der Waals surface area contributed by atoms with Crippen LogP contribution in [-0.4, -0.2) is 77.8 Å². The highest BCUT2D eigenvalue weighted by molar-refractivity contribution is 6.37. The zero-order chi connectivity index (χ0) is 27.8. The summed E-state index contributed by atoms with van der Waals surface area (Å²) in [6.45, 7) is 4.06. The van der Waals surface area contributed by atoms with E-state index in [1.54, 1.807) is 24.2 Å². The van der Waals surface area contributed by atoms with Crippen molar-refractivity contribution in [3.8, 4) is 0 Å². The molecule has 2 aromatic heterocycles. The third-order valence-corrected chi connectivity index (χ3v) is 7.51. The lowest BCUT2D eigenvalue weighted by atomic mass is 10.0. The normalized spacial score (nSPS) is 17.0. The minimum absolute atomic E-state index is 0.0353. The van der Waals surface area contributed by atoms with Crippen molar-refractivity contribution >= 4 is 45.8 Å². The number of amides is 2. The SMILES string of the molecule is CN1CCN(CC(=O)N(C)c2ccc(N/C(=C3\C(=O)Nc4cc(F)ccc43)c3ccc4nccn4c3)cc2)CC1. The number of benzene rings is 2. The topological polar surface area (TPSA) is 85.2 Å². The van der Waals surface area contributed by atoms with Gasteiger partial charge < -0.3 is 24.8 Å². The average molecular weight is 540 g/mol. The largest absolute Gasteiger partial charge is 0.354 e. The van der Waals surface area contributed by atoms with Crippen molar-refractivity contribution in [2.45, 2.75) is 0 Å². The zero-order valence-electron chi connectivity index (χ0n) is 22.4. The van der Waals surface area contributed by atoms with E-state index in [9.17, 15) is 14.0 Å². The molecule has 9 nitrogen and oxygen atoms in total. The molecule has 0 radical (unpaired) electrons. The summed E-state index contributed by atoms with van der Waals surface area (Å²) in [5, 5.41) is 6.20. The Labute approximate surface area is 231 Å². The third kappa shape index (κ3) is 5.06. The molecule has 6 rings (SSSR count). The fourth-order valence-corrected chi connectivity index (χ4v) is 5.10. The van der Waals surface area contributed by atoms with Gasteiger partial charge >= 0.3 is 0 Å². The van der Waals surface area contributed by atoms with E-state index in [0.29, 0.717) is 29.1 Å². The van der Waals surface area contributed by atoms with E-state index in [1.165, 1.54) is 12.1 Å². The van der Waals surface area contributed by atoms with Crippen LogP contribution >= 0.6 is 0 Å². The van der Waals surface area contributed by atoms with Crippen molar-refractivity contribution in [2.75, 3.05) is 62.4 Å². The molecule has 0 unspecified atom stereocenters. The first-order valence-corrected chi connectivity index (χ1v) is 13.2. The van der Waals surface area contributed by atoms with E-state index in [4.69, 9.17) is 0 Å². The van der Waals surface area contributed by atoms with Crippen molar-refractivity contribution in [2.24, 2.45) is 0 Å². The van der Waals surface area contributed by atoms with Crippen LogP contribution in [0.5, 0.6) is 0 Å². The maximum Gasteiger partial charge on any atom is 0.258 e. The molecule has 2 aliphatic heterocycles. The summed E-state index contributed by atoms with van der Waals surface area (Å²) in [5.74, 6) is -0.704. The molecule has 204 valence electrons. The Morgan fingerprint density at radius 1 is 1.07 bits per heavy atom. The van der Waals surface area contributed by atoms with E-state index in [0.717, 1.165) is 48.8 Å². The van der Waals surface area contributed by atoms with Gasteiger partial charge in [0.15, 0.2) is 0 Å². The standard InChI is InChI=1S/C30H30FN7O2/c1-35-13-15-37(16-14-35)19-27(39)36(2)23-7-5-22(6-8-23)33-29(20-3-10-26-32-11-12-38(26)18-20)28-24-9-4-21(31)17-25(24)34-30(28)40/h3-12,17-18,33H,13-16,19H2,1-2H3,(H,34,40)/b29-28-. The number of piperazine rings is 1. The number of carbonyl (C=O) groups is 2. The van der Waals surface area contributed by atoms with Crippen LogP contribution in [0.3, 0.4) is 0 Å². The van der Waals surface area contributed by atoms with Gasteiger partial charge in [0.05, 0.1) is 23.5 Å². The predicted octanol–water partition coefficient (Wildman–Crippen LogP) is 3.62. The Morgan fingerprint density at radius 2 is 1.85 bits per heavy atom. The van der Waals surface area contributed by atoms with Crippen molar-refractivity contribution in [1.29, 1.82) is 0 Å². The number of pyridine rings is 1. The molecular formula is C30H30FN7O2. The average Bonchev–Trinajstić information content (AvgIpc) is 3.55. The fourth-order valence-electron chi connectivity index (χ4n) is 5.10. The zero-order valence-corrected chi connectivity index (χ0v) is 22.4. The van der Waals surface area contributed by atoms with Crippen LogP contribution in [0.2, 0.25) is 0 Å². The van der Waals surface area contributed by atoms with Crippen LogP contribution in [0.4, 0.5) is 21.5 Å². The highest BCUT2D eigenvalue weighted by atomic mass is 19.1. The Bertz CT molecular complexity index is 1620. The van der Waals surface area contributed by atoms with Crippen molar-refractivity contribution in [3.63, 3.8) is 0 Å². The Balaban J connectivity index is 1.29. The molecule has 2 aromatic carbocycles. The molecule has 0 aliphatic carbocycles. The molecule has 4 aromatic rings. The van der Waals surface area contributed by atoms with Crippen LogP contribution in [0, 0.1) is 5.82 Å². The maximum atomic E-state index is 13.9. The minimum Gasteiger partial charge on any atom is -0.354 e. The first-order chi connectivity index (χ1) is 19.4. The Kier molecular flexibility index (Phi) is 6.79. The molecule has 2 N–H and O–H groups in total. The monoisotopic (exact) mass is 539 g/mol. The summed E-state index contributed by atoms with van der Waals surface area (Å²) in [5.41, 5.74) is 5.09. The van der Waals surface area contributed by atoms with Gasteiger partial charge in [0.1, 0.15) is 11.5 Å². The number of imidazole rings is 1. The van der Waals surface area contributed by atoms with Crippen molar-refractivity contribution < 1.29 is 14.0 Å². The summed E-state index contributed by atoms with van der Waals surface area (Å²) >= 11 is 0. The van der Waals surface area contributed by atoms with E-state index < -0.39 is 5.82 Å².